The number of nitrogens with zero attached hydrogens (tertiary/aromatic N) is 1. The van der Waals surface area contributed by atoms with E-state index in [4.69, 9.17) is 17.3 Å². The number of hydrogen-bond acceptors (Lipinski definition) is 2. The molecule has 0 saturated carbocycles. The molecule has 0 amide bonds. The maximum absolute atomic E-state index is 5.95. The molecule has 0 heterocycles. The molecule has 1 aromatic carbocycles. The molecule has 0 aliphatic rings. The van der Waals surface area contributed by atoms with Gasteiger partial charge in [0.05, 0.1) is 0 Å². The van der Waals surface area contributed by atoms with E-state index >= 15 is 0 Å². The van der Waals surface area contributed by atoms with Gasteiger partial charge in [-0.05, 0) is 31.5 Å². The first-order chi connectivity index (χ1) is 6.56. The molecule has 0 spiro atoms. The normalized spacial score (nSPS) is 12.6. The Labute approximate surface area is 90.7 Å². The molecule has 0 saturated heterocycles. The van der Waals surface area contributed by atoms with E-state index in [1.807, 2.05) is 25.2 Å². The molecule has 1 unspecified atom stereocenters. The molecule has 0 fully saturated rings. The fourth-order valence-electron chi connectivity index (χ4n) is 1.36. The standard InChI is InChI=1S/C11H17ClN2/c1-8-4-5-10(12)6-11(8)14(3)9(2)7-13/h4-6,9H,7,13H2,1-3H3. The van der Waals surface area contributed by atoms with Gasteiger partial charge in [-0.25, -0.2) is 0 Å². The average Bonchev–Trinajstić information content (AvgIpc) is 2.19. The minimum absolute atomic E-state index is 0.326. The molecule has 3 heteroatoms. The van der Waals surface area contributed by atoms with E-state index in [9.17, 15) is 0 Å². The summed E-state index contributed by atoms with van der Waals surface area (Å²) in [4.78, 5) is 2.15. The van der Waals surface area contributed by atoms with Crippen LogP contribution >= 0.6 is 11.6 Å². The first-order valence-electron chi connectivity index (χ1n) is 4.75. The first-order valence-corrected chi connectivity index (χ1v) is 5.13. The Bertz CT molecular complexity index is 312. The molecule has 0 aliphatic heterocycles. The third-order valence-corrected chi connectivity index (χ3v) is 2.79. The lowest BCUT2D eigenvalue weighted by Crippen LogP contribution is -2.35. The van der Waals surface area contributed by atoms with Crippen molar-refractivity contribution in [2.24, 2.45) is 5.73 Å². The van der Waals surface area contributed by atoms with Crippen LogP contribution in [0.3, 0.4) is 0 Å². The fourth-order valence-corrected chi connectivity index (χ4v) is 1.52. The van der Waals surface area contributed by atoms with Crippen molar-refractivity contribution in [1.29, 1.82) is 0 Å². The third-order valence-electron chi connectivity index (χ3n) is 2.55. The van der Waals surface area contributed by atoms with Gasteiger partial charge in [-0.2, -0.15) is 0 Å². The molecule has 0 bridgehead atoms. The lowest BCUT2D eigenvalue weighted by Gasteiger charge is -2.27. The van der Waals surface area contributed by atoms with Crippen LogP contribution in [0.2, 0.25) is 5.02 Å². The van der Waals surface area contributed by atoms with E-state index in [-0.39, 0.29) is 0 Å². The molecule has 2 nitrogen and oxygen atoms in total. The molecule has 0 aromatic heterocycles. The highest BCUT2D eigenvalue weighted by atomic mass is 35.5. The highest BCUT2D eigenvalue weighted by Gasteiger charge is 2.10. The lowest BCUT2D eigenvalue weighted by molar-refractivity contribution is 0.694. The van der Waals surface area contributed by atoms with Gasteiger partial charge in [0.2, 0.25) is 0 Å². The Morgan fingerprint density at radius 2 is 2.14 bits per heavy atom. The molecule has 0 radical (unpaired) electrons. The van der Waals surface area contributed by atoms with Crippen LogP contribution in [0.15, 0.2) is 18.2 Å². The van der Waals surface area contributed by atoms with Gasteiger partial charge < -0.3 is 10.6 Å². The number of halogens is 1. The van der Waals surface area contributed by atoms with E-state index < -0.39 is 0 Å². The van der Waals surface area contributed by atoms with Crippen molar-refractivity contribution in [1.82, 2.24) is 0 Å². The largest absolute Gasteiger partial charge is 0.370 e. The minimum atomic E-state index is 0.326. The van der Waals surface area contributed by atoms with Crippen molar-refractivity contribution in [2.45, 2.75) is 19.9 Å². The Morgan fingerprint density at radius 3 is 2.71 bits per heavy atom. The Morgan fingerprint density at radius 1 is 1.50 bits per heavy atom. The van der Waals surface area contributed by atoms with Gasteiger partial charge in [-0.1, -0.05) is 17.7 Å². The Kier molecular flexibility index (Phi) is 3.78. The van der Waals surface area contributed by atoms with Gasteiger partial charge in [0, 0.05) is 30.3 Å². The topological polar surface area (TPSA) is 29.3 Å². The fraction of sp³-hybridized carbons (Fsp3) is 0.455. The molecular formula is C11H17ClN2. The number of anilines is 1. The molecular weight excluding hydrogens is 196 g/mol. The summed E-state index contributed by atoms with van der Waals surface area (Å²) in [6.45, 7) is 4.81. The van der Waals surface area contributed by atoms with Crippen molar-refractivity contribution in [3.8, 4) is 0 Å². The molecule has 0 aliphatic carbocycles. The zero-order valence-electron chi connectivity index (χ0n) is 8.92. The highest BCUT2D eigenvalue weighted by molar-refractivity contribution is 6.30. The predicted octanol–water partition coefficient (Wildman–Crippen LogP) is 2.43. The quantitative estimate of drug-likeness (QED) is 0.834. The Balaban J connectivity index is 2.99. The lowest BCUT2D eigenvalue weighted by atomic mass is 10.1. The predicted molar refractivity (Wildman–Crippen MR) is 63.1 cm³/mol. The van der Waals surface area contributed by atoms with Crippen LogP contribution in [0.4, 0.5) is 5.69 Å². The molecule has 1 atom stereocenters. The van der Waals surface area contributed by atoms with Crippen LogP contribution in [0, 0.1) is 6.92 Å². The van der Waals surface area contributed by atoms with E-state index in [0.29, 0.717) is 12.6 Å². The summed E-state index contributed by atoms with van der Waals surface area (Å²) in [5.74, 6) is 0. The highest BCUT2D eigenvalue weighted by Crippen LogP contribution is 2.24. The molecule has 1 rings (SSSR count). The van der Waals surface area contributed by atoms with E-state index in [2.05, 4.69) is 18.7 Å². The molecule has 14 heavy (non-hydrogen) atoms. The van der Waals surface area contributed by atoms with Crippen molar-refractivity contribution in [3.63, 3.8) is 0 Å². The van der Waals surface area contributed by atoms with E-state index in [0.717, 1.165) is 10.7 Å². The van der Waals surface area contributed by atoms with Crippen LogP contribution in [0.5, 0.6) is 0 Å². The zero-order valence-corrected chi connectivity index (χ0v) is 9.67. The number of likely N-dealkylation sites (N-methyl/N-ethyl adjacent to an activating group) is 1. The van der Waals surface area contributed by atoms with E-state index in [1.54, 1.807) is 0 Å². The number of aryl methyl sites for hydroxylation is 1. The van der Waals surface area contributed by atoms with Crippen molar-refractivity contribution in [2.75, 3.05) is 18.5 Å². The SMILES string of the molecule is Cc1ccc(Cl)cc1N(C)C(C)CN. The second-order valence-electron chi connectivity index (χ2n) is 3.63. The monoisotopic (exact) mass is 212 g/mol. The van der Waals surface area contributed by atoms with Crippen molar-refractivity contribution < 1.29 is 0 Å². The Hall–Kier alpha value is -0.730. The van der Waals surface area contributed by atoms with Gasteiger partial charge in [0.15, 0.2) is 0 Å². The average molecular weight is 213 g/mol. The van der Waals surface area contributed by atoms with Gasteiger partial charge in [-0.15, -0.1) is 0 Å². The van der Waals surface area contributed by atoms with Crippen molar-refractivity contribution >= 4 is 17.3 Å². The van der Waals surface area contributed by atoms with Crippen LogP contribution in [-0.4, -0.2) is 19.6 Å². The minimum Gasteiger partial charge on any atom is -0.370 e. The summed E-state index contributed by atoms with van der Waals surface area (Å²) < 4.78 is 0. The van der Waals surface area contributed by atoms with Gasteiger partial charge in [0.25, 0.3) is 0 Å². The van der Waals surface area contributed by atoms with Gasteiger partial charge in [-0.3, -0.25) is 0 Å². The molecule has 78 valence electrons. The van der Waals surface area contributed by atoms with Crippen LogP contribution in [0.25, 0.3) is 0 Å². The third kappa shape index (κ3) is 2.40. The summed E-state index contributed by atoms with van der Waals surface area (Å²) in [6.07, 6.45) is 0. The number of rotatable bonds is 3. The zero-order chi connectivity index (χ0) is 10.7. The first kappa shape index (κ1) is 11.3. The molecule has 1 aromatic rings. The van der Waals surface area contributed by atoms with Crippen LogP contribution < -0.4 is 10.6 Å². The maximum Gasteiger partial charge on any atom is 0.0426 e. The van der Waals surface area contributed by atoms with Gasteiger partial charge in [0.1, 0.15) is 0 Å². The second-order valence-corrected chi connectivity index (χ2v) is 4.06. The molecule has 2 N–H and O–H groups in total. The summed E-state index contributed by atoms with van der Waals surface area (Å²) in [5.41, 5.74) is 7.99. The maximum atomic E-state index is 5.95. The number of hydrogen-bond donors (Lipinski definition) is 1. The number of benzene rings is 1. The second kappa shape index (κ2) is 4.67. The van der Waals surface area contributed by atoms with Crippen molar-refractivity contribution in [3.05, 3.63) is 28.8 Å². The van der Waals surface area contributed by atoms with Crippen LogP contribution in [-0.2, 0) is 0 Å². The summed E-state index contributed by atoms with van der Waals surface area (Å²) in [5, 5.41) is 0.765. The van der Waals surface area contributed by atoms with Crippen LogP contribution in [0.1, 0.15) is 12.5 Å². The summed E-state index contributed by atoms with van der Waals surface area (Å²) >= 11 is 5.95. The van der Waals surface area contributed by atoms with E-state index in [1.165, 1.54) is 5.56 Å². The smallest absolute Gasteiger partial charge is 0.0426 e. The summed E-state index contributed by atoms with van der Waals surface area (Å²) in [6, 6.07) is 6.23. The summed E-state index contributed by atoms with van der Waals surface area (Å²) in [7, 11) is 2.04. The van der Waals surface area contributed by atoms with Gasteiger partial charge >= 0.3 is 0 Å². The number of nitrogens with two attached hydrogens (primary N) is 1.